The first kappa shape index (κ1) is 14.1. The number of rotatable bonds is 5. The quantitative estimate of drug-likeness (QED) is 0.874. The molecule has 0 saturated heterocycles. The highest BCUT2D eigenvalue weighted by molar-refractivity contribution is 5.41. The van der Waals surface area contributed by atoms with Crippen molar-refractivity contribution in [3.63, 3.8) is 0 Å². The molecule has 0 radical (unpaired) electrons. The van der Waals surface area contributed by atoms with Crippen molar-refractivity contribution in [2.75, 3.05) is 0 Å². The van der Waals surface area contributed by atoms with Crippen molar-refractivity contribution in [2.24, 2.45) is 0 Å². The molecule has 1 aliphatic rings. The molecule has 0 amide bonds. The summed E-state index contributed by atoms with van der Waals surface area (Å²) in [5, 5.41) is 3.49. The number of benzene rings is 2. The van der Waals surface area contributed by atoms with E-state index in [-0.39, 0.29) is 11.6 Å². The maximum Gasteiger partial charge on any atom is 0.165 e. The van der Waals surface area contributed by atoms with Crippen molar-refractivity contribution in [1.82, 2.24) is 5.32 Å². The van der Waals surface area contributed by atoms with Crippen LogP contribution in [0.4, 0.5) is 4.39 Å². The molecule has 21 heavy (non-hydrogen) atoms. The minimum Gasteiger partial charge on any atom is -0.454 e. The van der Waals surface area contributed by atoms with Gasteiger partial charge in [0.1, 0.15) is 5.75 Å². The predicted octanol–water partition coefficient (Wildman–Crippen LogP) is 4.49. The van der Waals surface area contributed by atoms with Crippen LogP contribution in [0, 0.1) is 19.7 Å². The second-order valence-electron chi connectivity index (χ2n) is 5.79. The van der Waals surface area contributed by atoms with Crippen LogP contribution in [-0.2, 0) is 6.54 Å². The summed E-state index contributed by atoms with van der Waals surface area (Å²) in [7, 11) is 0. The van der Waals surface area contributed by atoms with Gasteiger partial charge in [-0.3, -0.25) is 0 Å². The number of nitrogens with one attached hydrogen (secondary N) is 1. The third-order valence-corrected chi connectivity index (χ3v) is 3.72. The van der Waals surface area contributed by atoms with Gasteiger partial charge in [-0.25, -0.2) is 4.39 Å². The Balaban J connectivity index is 1.74. The molecule has 1 saturated carbocycles. The van der Waals surface area contributed by atoms with Crippen molar-refractivity contribution < 1.29 is 9.13 Å². The fraction of sp³-hybridized carbons (Fsp3) is 0.333. The molecule has 0 atom stereocenters. The zero-order valence-corrected chi connectivity index (χ0v) is 12.4. The van der Waals surface area contributed by atoms with Crippen LogP contribution in [0.25, 0.3) is 0 Å². The van der Waals surface area contributed by atoms with Crippen LogP contribution in [0.2, 0.25) is 0 Å². The first-order chi connectivity index (χ1) is 10.1. The zero-order valence-electron chi connectivity index (χ0n) is 12.4. The topological polar surface area (TPSA) is 21.3 Å². The maximum absolute atomic E-state index is 13.7. The summed E-state index contributed by atoms with van der Waals surface area (Å²) >= 11 is 0. The normalized spacial score (nSPS) is 14.2. The lowest BCUT2D eigenvalue weighted by Gasteiger charge is -2.12. The molecule has 0 unspecified atom stereocenters. The van der Waals surface area contributed by atoms with E-state index in [9.17, 15) is 4.39 Å². The third kappa shape index (κ3) is 3.61. The number of hydrogen-bond acceptors (Lipinski definition) is 2. The Morgan fingerprint density at radius 2 is 1.90 bits per heavy atom. The summed E-state index contributed by atoms with van der Waals surface area (Å²) in [4.78, 5) is 0. The lowest BCUT2D eigenvalue weighted by Crippen LogP contribution is -2.15. The van der Waals surface area contributed by atoms with Gasteiger partial charge in [0.05, 0.1) is 0 Å². The van der Waals surface area contributed by atoms with E-state index in [1.807, 2.05) is 26.0 Å². The van der Waals surface area contributed by atoms with Crippen molar-refractivity contribution in [3.8, 4) is 11.5 Å². The van der Waals surface area contributed by atoms with E-state index in [2.05, 4.69) is 11.4 Å². The highest BCUT2D eigenvalue weighted by Crippen LogP contribution is 2.29. The molecule has 0 aliphatic heterocycles. The van der Waals surface area contributed by atoms with Crippen LogP contribution in [0.5, 0.6) is 11.5 Å². The van der Waals surface area contributed by atoms with Gasteiger partial charge in [-0.05, 0) is 61.6 Å². The minimum absolute atomic E-state index is 0.280. The van der Waals surface area contributed by atoms with Crippen LogP contribution < -0.4 is 10.1 Å². The molecule has 2 nitrogen and oxygen atoms in total. The van der Waals surface area contributed by atoms with Gasteiger partial charge >= 0.3 is 0 Å². The Morgan fingerprint density at radius 1 is 1.10 bits per heavy atom. The van der Waals surface area contributed by atoms with E-state index in [1.54, 1.807) is 12.1 Å². The van der Waals surface area contributed by atoms with Gasteiger partial charge in [-0.15, -0.1) is 0 Å². The summed E-state index contributed by atoms with van der Waals surface area (Å²) in [6.45, 7) is 4.79. The molecule has 2 aromatic rings. The Bertz CT molecular complexity index is 650. The Kier molecular flexibility index (Phi) is 3.93. The Morgan fingerprint density at radius 3 is 2.62 bits per heavy atom. The van der Waals surface area contributed by atoms with Gasteiger partial charge < -0.3 is 10.1 Å². The van der Waals surface area contributed by atoms with Gasteiger partial charge in [-0.1, -0.05) is 18.2 Å². The molecule has 1 fully saturated rings. The summed E-state index contributed by atoms with van der Waals surface area (Å²) in [5.74, 6) is 0.649. The van der Waals surface area contributed by atoms with Crippen molar-refractivity contribution in [3.05, 3.63) is 58.9 Å². The Hall–Kier alpha value is -1.87. The summed E-state index contributed by atoms with van der Waals surface area (Å²) in [6.07, 6.45) is 2.57. The molecule has 0 heterocycles. The smallest absolute Gasteiger partial charge is 0.165 e. The first-order valence-electron chi connectivity index (χ1n) is 7.39. The monoisotopic (exact) mass is 285 g/mol. The number of aryl methyl sites for hydroxylation is 2. The van der Waals surface area contributed by atoms with E-state index in [4.69, 9.17) is 4.74 Å². The SMILES string of the molecule is Cc1ccc(F)c(Oc2ccc(CNC3CC3)cc2C)c1. The molecule has 2 aromatic carbocycles. The van der Waals surface area contributed by atoms with E-state index in [0.29, 0.717) is 11.8 Å². The lowest BCUT2D eigenvalue weighted by molar-refractivity contribution is 0.439. The molecule has 3 rings (SSSR count). The average Bonchev–Trinajstić information content (AvgIpc) is 3.27. The molecule has 0 bridgehead atoms. The van der Waals surface area contributed by atoms with Gasteiger partial charge in [0.15, 0.2) is 11.6 Å². The molecule has 110 valence electrons. The largest absolute Gasteiger partial charge is 0.454 e. The fourth-order valence-corrected chi connectivity index (χ4v) is 2.29. The molecule has 1 aliphatic carbocycles. The molecule has 1 N–H and O–H groups in total. The summed E-state index contributed by atoms with van der Waals surface area (Å²) in [5.41, 5.74) is 3.23. The van der Waals surface area contributed by atoms with Crippen LogP contribution in [0.1, 0.15) is 29.5 Å². The second kappa shape index (κ2) is 5.86. The van der Waals surface area contributed by atoms with Gasteiger partial charge in [-0.2, -0.15) is 0 Å². The maximum atomic E-state index is 13.7. The van der Waals surface area contributed by atoms with E-state index >= 15 is 0 Å². The van der Waals surface area contributed by atoms with Crippen LogP contribution in [0.3, 0.4) is 0 Å². The van der Waals surface area contributed by atoms with Gasteiger partial charge in [0, 0.05) is 12.6 Å². The van der Waals surface area contributed by atoms with Crippen molar-refractivity contribution >= 4 is 0 Å². The van der Waals surface area contributed by atoms with E-state index in [1.165, 1.54) is 24.5 Å². The average molecular weight is 285 g/mol. The molecular formula is C18H20FNO. The number of ether oxygens (including phenoxy) is 1. The minimum atomic E-state index is -0.334. The molecule has 0 aromatic heterocycles. The predicted molar refractivity (Wildman–Crippen MR) is 82.3 cm³/mol. The summed E-state index contributed by atoms with van der Waals surface area (Å²) in [6, 6.07) is 11.6. The molecular weight excluding hydrogens is 265 g/mol. The number of hydrogen-bond donors (Lipinski definition) is 1. The highest BCUT2D eigenvalue weighted by Gasteiger charge is 2.20. The third-order valence-electron chi connectivity index (χ3n) is 3.72. The fourth-order valence-electron chi connectivity index (χ4n) is 2.29. The van der Waals surface area contributed by atoms with Crippen LogP contribution in [0.15, 0.2) is 36.4 Å². The second-order valence-corrected chi connectivity index (χ2v) is 5.79. The van der Waals surface area contributed by atoms with Gasteiger partial charge in [0.25, 0.3) is 0 Å². The van der Waals surface area contributed by atoms with Gasteiger partial charge in [0.2, 0.25) is 0 Å². The van der Waals surface area contributed by atoms with E-state index in [0.717, 1.165) is 17.7 Å². The van der Waals surface area contributed by atoms with Crippen molar-refractivity contribution in [2.45, 2.75) is 39.3 Å². The Labute approximate surface area is 125 Å². The van der Waals surface area contributed by atoms with E-state index < -0.39 is 0 Å². The lowest BCUT2D eigenvalue weighted by atomic mass is 10.1. The summed E-state index contributed by atoms with van der Waals surface area (Å²) < 4.78 is 19.5. The van der Waals surface area contributed by atoms with Crippen molar-refractivity contribution in [1.29, 1.82) is 0 Å². The first-order valence-corrected chi connectivity index (χ1v) is 7.39. The zero-order chi connectivity index (χ0) is 14.8. The number of halogens is 1. The molecule has 3 heteroatoms. The van der Waals surface area contributed by atoms with Crippen LogP contribution >= 0.6 is 0 Å². The highest BCUT2D eigenvalue weighted by atomic mass is 19.1. The standard InChI is InChI=1S/C18H20FNO/c1-12-3-7-16(19)18(9-12)21-17-8-4-14(10-13(17)2)11-20-15-5-6-15/h3-4,7-10,15,20H,5-6,11H2,1-2H3. The van der Waals surface area contributed by atoms with Crippen LogP contribution in [-0.4, -0.2) is 6.04 Å². The molecule has 0 spiro atoms.